The molecule has 5 nitrogen and oxygen atoms in total. The number of hydrogen-bond acceptors (Lipinski definition) is 3. The van der Waals surface area contributed by atoms with Gasteiger partial charge in [0.2, 0.25) is 0 Å². The van der Waals surface area contributed by atoms with Crippen molar-refractivity contribution < 1.29 is 22.8 Å². The Kier molecular flexibility index (Phi) is 4.26. The van der Waals surface area contributed by atoms with Crippen LogP contribution in [0.15, 0.2) is 18.2 Å². The van der Waals surface area contributed by atoms with Gasteiger partial charge in [-0.05, 0) is 18.2 Å². The number of amides is 2. The highest BCUT2D eigenvalue weighted by Gasteiger charge is 2.41. The van der Waals surface area contributed by atoms with Gasteiger partial charge in [0, 0.05) is 32.5 Å². The van der Waals surface area contributed by atoms with E-state index in [1.807, 2.05) is 0 Å². The molecular weight excluding hydrogens is 275 g/mol. The SMILES string of the molecule is CN(C)c1ccc(N(C)C(=O)C(F)(F)F)cc1C(N)=O. The van der Waals surface area contributed by atoms with Crippen LogP contribution >= 0.6 is 0 Å². The first-order valence-electron chi connectivity index (χ1n) is 5.51. The van der Waals surface area contributed by atoms with Gasteiger partial charge in [-0.3, -0.25) is 9.59 Å². The molecule has 0 spiro atoms. The summed E-state index contributed by atoms with van der Waals surface area (Å²) in [5.74, 6) is -2.81. The third-order valence-electron chi connectivity index (χ3n) is 2.66. The number of halogens is 3. The fourth-order valence-corrected chi connectivity index (χ4v) is 1.63. The predicted octanol–water partition coefficient (Wildman–Crippen LogP) is 1.38. The Bertz CT molecular complexity index is 541. The van der Waals surface area contributed by atoms with Crippen molar-refractivity contribution in [3.05, 3.63) is 23.8 Å². The maximum absolute atomic E-state index is 12.4. The monoisotopic (exact) mass is 289 g/mol. The molecule has 110 valence electrons. The number of hydrogen-bond donors (Lipinski definition) is 1. The highest BCUT2D eigenvalue weighted by molar-refractivity contribution is 6.02. The van der Waals surface area contributed by atoms with E-state index in [2.05, 4.69) is 0 Å². The Morgan fingerprint density at radius 1 is 1.15 bits per heavy atom. The number of anilines is 2. The molecule has 1 aromatic rings. The Morgan fingerprint density at radius 3 is 2.10 bits per heavy atom. The molecule has 0 atom stereocenters. The van der Waals surface area contributed by atoms with Gasteiger partial charge in [-0.2, -0.15) is 13.2 Å². The lowest BCUT2D eigenvalue weighted by atomic mass is 10.1. The van der Waals surface area contributed by atoms with Crippen LogP contribution in [0.3, 0.4) is 0 Å². The number of alkyl halides is 3. The molecule has 2 N–H and O–H groups in total. The number of primary amides is 1. The van der Waals surface area contributed by atoms with Crippen molar-refractivity contribution in [1.82, 2.24) is 0 Å². The summed E-state index contributed by atoms with van der Waals surface area (Å²) >= 11 is 0. The number of carbonyl (C=O) groups is 2. The molecule has 0 radical (unpaired) electrons. The number of carbonyl (C=O) groups excluding carboxylic acids is 2. The second-order valence-corrected chi connectivity index (χ2v) is 4.32. The zero-order valence-electron chi connectivity index (χ0n) is 11.2. The first-order valence-corrected chi connectivity index (χ1v) is 5.51. The Labute approximate surface area is 113 Å². The first-order chi connectivity index (χ1) is 9.05. The summed E-state index contributed by atoms with van der Waals surface area (Å²) in [7, 11) is 4.29. The van der Waals surface area contributed by atoms with E-state index in [9.17, 15) is 22.8 Å². The Balaban J connectivity index is 3.25. The molecule has 0 aliphatic rings. The molecule has 8 heteroatoms. The lowest BCUT2D eigenvalue weighted by molar-refractivity contribution is -0.170. The summed E-state index contributed by atoms with van der Waals surface area (Å²) in [6.45, 7) is 0. The lowest BCUT2D eigenvalue weighted by Gasteiger charge is -2.22. The lowest BCUT2D eigenvalue weighted by Crippen LogP contribution is -2.38. The molecule has 0 aromatic heterocycles. The maximum Gasteiger partial charge on any atom is 0.471 e. The Hall–Kier alpha value is -2.25. The highest BCUT2D eigenvalue weighted by Crippen LogP contribution is 2.27. The van der Waals surface area contributed by atoms with Crippen molar-refractivity contribution in [2.45, 2.75) is 6.18 Å². The average Bonchev–Trinajstić information content (AvgIpc) is 2.34. The van der Waals surface area contributed by atoms with Crippen molar-refractivity contribution in [2.24, 2.45) is 5.73 Å². The van der Waals surface area contributed by atoms with Crippen molar-refractivity contribution in [2.75, 3.05) is 30.9 Å². The van der Waals surface area contributed by atoms with E-state index in [0.29, 0.717) is 10.6 Å². The fraction of sp³-hybridized carbons (Fsp3) is 0.333. The normalized spacial score (nSPS) is 11.1. The van der Waals surface area contributed by atoms with Crippen LogP contribution in [-0.4, -0.2) is 39.1 Å². The van der Waals surface area contributed by atoms with Crippen LogP contribution in [0.1, 0.15) is 10.4 Å². The van der Waals surface area contributed by atoms with E-state index in [0.717, 1.165) is 13.1 Å². The third-order valence-corrected chi connectivity index (χ3v) is 2.66. The van der Waals surface area contributed by atoms with Crippen LogP contribution < -0.4 is 15.5 Å². The van der Waals surface area contributed by atoms with Crippen molar-refractivity contribution in [3.8, 4) is 0 Å². The summed E-state index contributed by atoms with van der Waals surface area (Å²) in [5.41, 5.74) is 5.62. The molecule has 1 rings (SSSR count). The molecule has 1 aromatic carbocycles. The summed E-state index contributed by atoms with van der Waals surface area (Å²) < 4.78 is 37.1. The molecule has 0 heterocycles. The fourth-order valence-electron chi connectivity index (χ4n) is 1.63. The summed E-state index contributed by atoms with van der Waals surface area (Å²) in [6.07, 6.45) is -4.98. The van der Waals surface area contributed by atoms with E-state index < -0.39 is 18.0 Å². The molecule has 0 fully saturated rings. The van der Waals surface area contributed by atoms with Gasteiger partial charge in [0.25, 0.3) is 5.91 Å². The molecule has 0 saturated heterocycles. The molecule has 0 aliphatic heterocycles. The van der Waals surface area contributed by atoms with Crippen LogP contribution in [0.4, 0.5) is 24.5 Å². The van der Waals surface area contributed by atoms with E-state index >= 15 is 0 Å². The summed E-state index contributed by atoms with van der Waals surface area (Å²) in [6, 6.07) is 3.89. The van der Waals surface area contributed by atoms with Crippen molar-refractivity contribution in [3.63, 3.8) is 0 Å². The maximum atomic E-state index is 12.4. The van der Waals surface area contributed by atoms with Gasteiger partial charge >= 0.3 is 12.1 Å². The van der Waals surface area contributed by atoms with Crippen molar-refractivity contribution >= 4 is 23.2 Å². The van der Waals surface area contributed by atoms with Crippen LogP contribution in [0.2, 0.25) is 0 Å². The van der Waals surface area contributed by atoms with Gasteiger partial charge in [0.15, 0.2) is 0 Å². The van der Waals surface area contributed by atoms with Crippen LogP contribution in [0.5, 0.6) is 0 Å². The largest absolute Gasteiger partial charge is 0.471 e. The van der Waals surface area contributed by atoms with Crippen LogP contribution in [-0.2, 0) is 4.79 Å². The van der Waals surface area contributed by atoms with Crippen LogP contribution in [0.25, 0.3) is 0 Å². The molecule has 0 bridgehead atoms. The van der Waals surface area contributed by atoms with Gasteiger partial charge in [-0.1, -0.05) is 0 Å². The molecule has 0 aliphatic carbocycles. The van der Waals surface area contributed by atoms with E-state index in [1.165, 1.54) is 12.1 Å². The van der Waals surface area contributed by atoms with Gasteiger partial charge in [-0.25, -0.2) is 0 Å². The number of nitrogens with two attached hydrogens (primary N) is 1. The summed E-state index contributed by atoms with van der Waals surface area (Å²) in [5, 5.41) is 0. The Morgan fingerprint density at radius 2 is 1.70 bits per heavy atom. The minimum absolute atomic E-state index is 0.0364. The highest BCUT2D eigenvalue weighted by atomic mass is 19.4. The molecule has 0 unspecified atom stereocenters. The van der Waals surface area contributed by atoms with Gasteiger partial charge in [0.1, 0.15) is 0 Å². The minimum atomic E-state index is -4.98. The average molecular weight is 289 g/mol. The van der Waals surface area contributed by atoms with Crippen molar-refractivity contribution in [1.29, 1.82) is 0 Å². The van der Waals surface area contributed by atoms with E-state index in [1.54, 1.807) is 19.0 Å². The van der Waals surface area contributed by atoms with Gasteiger partial charge < -0.3 is 15.5 Å². The molecule has 0 saturated carbocycles. The number of benzene rings is 1. The quantitative estimate of drug-likeness (QED) is 0.914. The predicted molar refractivity (Wildman–Crippen MR) is 68.8 cm³/mol. The van der Waals surface area contributed by atoms with Crippen LogP contribution in [0, 0.1) is 0 Å². The van der Waals surface area contributed by atoms with Gasteiger partial charge in [-0.15, -0.1) is 0 Å². The number of rotatable bonds is 3. The summed E-state index contributed by atoms with van der Waals surface area (Å²) in [4.78, 5) is 24.5. The second kappa shape index (κ2) is 5.40. The molecule has 2 amide bonds. The third kappa shape index (κ3) is 3.19. The van der Waals surface area contributed by atoms with Gasteiger partial charge in [0.05, 0.1) is 5.56 Å². The molecular formula is C12H14F3N3O2. The minimum Gasteiger partial charge on any atom is -0.377 e. The molecule has 20 heavy (non-hydrogen) atoms. The number of nitrogens with zero attached hydrogens (tertiary/aromatic N) is 2. The zero-order chi connectivity index (χ0) is 15.7. The van der Waals surface area contributed by atoms with E-state index in [-0.39, 0.29) is 11.3 Å². The topological polar surface area (TPSA) is 66.6 Å². The first kappa shape index (κ1) is 15.8. The standard InChI is InChI=1S/C12H14F3N3O2/c1-17(2)9-5-4-7(6-8(9)10(16)19)18(3)11(20)12(13,14)15/h4-6H,1-3H3,(H2,16,19). The van der Waals surface area contributed by atoms with E-state index in [4.69, 9.17) is 5.73 Å². The zero-order valence-corrected chi connectivity index (χ0v) is 11.2. The smallest absolute Gasteiger partial charge is 0.377 e. The second-order valence-electron chi connectivity index (χ2n) is 4.32.